The van der Waals surface area contributed by atoms with E-state index in [0.29, 0.717) is 5.92 Å². The first-order valence-electron chi connectivity index (χ1n) is 6.90. The average molecular weight is 269 g/mol. The quantitative estimate of drug-likeness (QED) is 0.737. The molecular weight excluding hydrogens is 250 g/mol. The Bertz CT molecular complexity index is 884. The lowest BCUT2D eigenvalue weighted by molar-refractivity contribution is 0.723. The first-order valence-corrected chi connectivity index (χ1v) is 6.90. The molecule has 0 unspecified atom stereocenters. The normalized spacial score (nSPS) is 11.9. The molecule has 0 aliphatic carbocycles. The van der Waals surface area contributed by atoms with Crippen LogP contribution in [-0.4, -0.2) is 14.5 Å². The largest absolute Gasteiger partial charge is 0.330 e. The number of aromatic amines is 1. The van der Waals surface area contributed by atoms with Crippen LogP contribution in [0.3, 0.4) is 0 Å². The SMILES string of the molecule is Cc1[nH]c(=O)c2c(ccc3nc(C(C)C)n(C)c32)c1C. The highest BCUT2D eigenvalue weighted by atomic mass is 16.1. The maximum absolute atomic E-state index is 12.4. The van der Waals surface area contributed by atoms with Crippen molar-refractivity contribution in [3.05, 3.63) is 39.6 Å². The van der Waals surface area contributed by atoms with E-state index in [1.165, 1.54) is 0 Å². The van der Waals surface area contributed by atoms with Crippen LogP contribution in [0.4, 0.5) is 0 Å². The second kappa shape index (κ2) is 4.20. The lowest BCUT2D eigenvalue weighted by Crippen LogP contribution is -2.11. The van der Waals surface area contributed by atoms with E-state index >= 15 is 0 Å². The van der Waals surface area contributed by atoms with Gasteiger partial charge in [-0.15, -0.1) is 0 Å². The number of pyridine rings is 1. The smallest absolute Gasteiger partial charge is 0.258 e. The fourth-order valence-electron chi connectivity index (χ4n) is 2.91. The molecule has 1 aromatic carbocycles. The number of benzene rings is 1. The Kier molecular flexibility index (Phi) is 2.71. The number of hydrogen-bond acceptors (Lipinski definition) is 2. The number of nitrogens with zero attached hydrogens (tertiary/aromatic N) is 2. The molecule has 0 aliphatic rings. The minimum Gasteiger partial charge on any atom is -0.330 e. The van der Waals surface area contributed by atoms with Crippen LogP contribution in [0.1, 0.15) is 36.8 Å². The maximum atomic E-state index is 12.4. The van der Waals surface area contributed by atoms with Crippen LogP contribution in [-0.2, 0) is 7.05 Å². The van der Waals surface area contributed by atoms with Crippen molar-refractivity contribution in [2.75, 3.05) is 0 Å². The van der Waals surface area contributed by atoms with Crippen molar-refractivity contribution in [1.29, 1.82) is 0 Å². The summed E-state index contributed by atoms with van der Waals surface area (Å²) in [4.78, 5) is 20.0. The van der Waals surface area contributed by atoms with E-state index in [1.807, 2.05) is 37.6 Å². The molecule has 4 heteroatoms. The van der Waals surface area contributed by atoms with Crippen LogP contribution in [0, 0.1) is 13.8 Å². The Morgan fingerprint density at radius 1 is 1.25 bits per heavy atom. The molecule has 0 amide bonds. The highest BCUT2D eigenvalue weighted by Crippen LogP contribution is 2.27. The number of aromatic nitrogens is 3. The Hall–Kier alpha value is -2.10. The molecule has 3 rings (SSSR count). The van der Waals surface area contributed by atoms with Crippen LogP contribution in [0.25, 0.3) is 21.8 Å². The van der Waals surface area contributed by atoms with E-state index in [-0.39, 0.29) is 5.56 Å². The van der Waals surface area contributed by atoms with E-state index in [9.17, 15) is 4.79 Å². The molecule has 4 nitrogen and oxygen atoms in total. The summed E-state index contributed by atoms with van der Waals surface area (Å²) in [6.45, 7) is 8.20. The van der Waals surface area contributed by atoms with Gasteiger partial charge in [0, 0.05) is 18.7 Å². The number of hydrogen-bond donors (Lipinski definition) is 1. The molecule has 0 fully saturated rings. The molecule has 0 saturated heterocycles. The minimum atomic E-state index is -0.0352. The van der Waals surface area contributed by atoms with Gasteiger partial charge >= 0.3 is 0 Å². The first kappa shape index (κ1) is 12.9. The molecule has 0 saturated carbocycles. The van der Waals surface area contributed by atoms with Crippen LogP contribution >= 0.6 is 0 Å². The molecular formula is C16H19N3O. The van der Waals surface area contributed by atoms with Gasteiger partial charge in [-0.1, -0.05) is 19.9 Å². The molecule has 0 bridgehead atoms. The van der Waals surface area contributed by atoms with Gasteiger partial charge in [0.05, 0.1) is 16.4 Å². The van der Waals surface area contributed by atoms with Crippen LogP contribution in [0.2, 0.25) is 0 Å². The molecule has 0 aliphatic heterocycles. The number of aryl methyl sites for hydroxylation is 3. The van der Waals surface area contributed by atoms with E-state index in [0.717, 1.165) is 38.9 Å². The lowest BCUT2D eigenvalue weighted by Gasteiger charge is -2.08. The number of fused-ring (bicyclic) bond motifs is 3. The van der Waals surface area contributed by atoms with Gasteiger partial charge in [-0.25, -0.2) is 4.98 Å². The number of imidazole rings is 1. The van der Waals surface area contributed by atoms with Gasteiger partial charge in [0.1, 0.15) is 5.82 Å². The number of nitrogens with one attached hydrogen (secondary N) is 1. The van der Waals surface area contributed by atoms with Crippen molar-refractivity contribution in [3.8, 4) is 0 Å². The van der Waals surface area contributed by atoms with Gasteiger partial charge in [0.25, 0.3) is 5.56 Å². The summed E-state index contributed by atoms with van der Waals surface area (Å²) in [7, 11) is 1.98. The fourth-order valence-corrected chi connectivity index (χ4v) is 2.91. The zero-order chi connectivity index (χ0) is 14.6. The van der Waals surface area contributed by atoms with Crippen LogP contribution < -0.4 is 5.56 Å². The summed E-state index contributed by atoms with van der Waals surface area (Å²) in [6, 6.07) is 4.02. The average Bonchev–Trinajstić information content (AvgIpc) is 2.73. The zero-order valence-electron chi connectivity index (χ0n) is 12.5. The van der Waals surface area contributed by atoms with Gasteiger partial charge in [0.15, 0.2) is 0 Å². The molecule has 0 radical (unpaired) electrons. The molecule has 2 heterocycles. The Morgan fingerprint density at radius 3 is 2.60 bits per heavy atom. The van der Waals surface area contributed by atoms with E-state index in [2.05, 4.69) is 23.8 Å². The molecule has 1 N–H and O–H groups in total. The topological polar surface area (TPSA) is 50.7 Å². The fraction of sp³-hybridized carbons (Fsp3) is 0.375. The van der Waals surface area contributed by atoms with Crippen molar-refractivity contribution in [1.82, 2.24) is 14.5 Å². The Balaban J connectivity index is 2.60. The third kappa shape index (κ3) is 1.60. The molecule has 104 valence electrons. The Labute approximate surface area is 117 Å². The van der Waals surface area contributed by atoms with Crippen molar-refractivity contribution < 1.29 is 0 Å². The Morgan fingerprint density at radius 2 is 1.95 bits per heavy atom. The van der Waals surface area contributed by atoms with E-state index in [1.54, 1.807) is 0 Å². The van der Waals surface area contributed by atoms with Gasteiger partial charge in [0.2, 0.25) is 0 Å². The summed E-state index contributed by atoms with van der Waals surface area (Å²) in [6.07, 6.45) is 0. The van der Waals surface area contributed by atoms with Crippen molar-refractivity contribution >= 4 is 21.8 Å². The summed E-state index contributed by atoms with van der Waals surface area (Å²) in [5, 5.41) is 1.75. The van der Waals surface area contributed by atoms with E-state index < -0.39 is 0 Å². The van der Waals surface area contributed by atoms with E-state index in [4.69, 9.17) is 0 Å². The summed E-state index contributed by atoms with van der Waals surface area (Å²) in [5.74, 6) is 1.33. The lowest BCUT2D eigenvalue weighted by atomic mass is 10.0. The third-order valence-electron chi connectivity index (χ3n) is 4.08. The molecule has 2 aromatic heterocycles. The number of rotatable bonds is 1. The van der Waals surface area contributed by atoms with Crippen molar-refractivity contribution in [3.63, 3.8) is 0 Å². The molecule has 0 atom stereocenters. The minimum absolute atomic E-state index is 0.0352. The molecule has 3 aromatic rings. The molecule has 0 spiro atoms. The second-order valence-electron chi connectivity index (χ2n) is 5.74. The van der Waals surface area contributed by atoms with Crippen molar-refractivity contribution in [2.45, 2.75) is 33.6 Å². The summed E-state index contributed by atoms with van der Waals surface area (Å²) >= 11 is 0. The standard InChI is InChI=1S/C16H19N3O/c1-8(2)15-18-12-7-6-11-9(3)10(4)17-16(20)13(11)14(12)19(15)5/h6-8H,1-5H3,(H,17,20). The van der Waals surface area contributed by atoms with Gasteiger partial charge in [-0.05, 0) is 30.9 Å². The highest BCUT2D eigenvalue weighted by molar-refractivity contribution is 6.05. The second-order valence-corrected chi connectivity index (χ2v) is 5.74. The first-order chi connectivity index (χ1) is 9.41. The third-order valence-corrected chi connectivity index (χ3v) is 4.08. The number of H-pyrrole nitrogens is 1. The van der Waals surface area contributed by atoms with Gasteiger partial charge in [-0.3, -0.25) is 4.79 Å². The van der Waals surface area contributed by atoms with Crippen LogP contribution in [0.15, 0.2) is 16.9 Å². The highest BCUT2D eigenvalue weighted by Gasteiger charge is 2.16. The predicted molar refractivity (Wildman–Crippen MR) is 82.4 cm³/mol. The zero-order valence-corrected chi connectivity index (χ0v) is 12.5. The van der Waals surface area contributed by atoms with Crippen molar-refractivity contribution in [2.24, 2.45) is 7.05 Å². The van der Waals surface area contributed by atoms with Gasteiger partial charge < -0.3 is 9.55 Å². The predicted octanol–water partition coefficient (Wildman–Crippen LogP) is 3.16. The van der Waals surface area contributed by atoms with Crippen LogP contribution in [0.5, 0.6) is 0 Å². The van der Waals surface area contributed by atoms with Gasteiger partial charge in [-0.2, -0.15) is 0 Å². The summed E-state index contributed by atoms with van der Waals surface area (Å²) in [5.41, 5.74) is 3.82. The monoisotopic (exact) mass is 269 g/mol. The summed E-state index contributed by atoms with van der Waals surface area (Å²) < 4.78 is 2.05. The maximum Gasteiger partial charge on any atom is 0.258 e. The molecule has 20 heavy (non-hydrogen) atoms.